The van der Waals surface area contributed by atoms with Crippen molar-refractivity contribution in [3.8, 4) is 0 Å². The van der Waals surface area contributed by atoms with Crippen LogP contribution in [-0.4, -0.2) is 18.5 Å². The summed E-state index contributed by atoms with van der Waals surface area (Å²) in [7, 11) is 0. The highest BCUT2D eigenvalue weighted by Gasteiger charge is 2.14. The SMILES string of the molecule is O=C(COC(=O)c1ccco1)Nc1cc(Cl)c(Cl)cc1Cl. The number of anilines is 1. The van der Waals surface area contributed by atoms with Crippen LogP contribution in [-0.2, 0) is 9.53 Å². The number of benzene rings is 1. The highest BCUT2D eigenvalue weighted by Crippen LogP contribution is 2.32. The zero-order chi connectivity index (χ0) is 15.4. The molecular weight excluding hydrogens is 341 g/mol. The summed E-state index contributed by atoms with van der Waals surface area (Å²) in [6, 6.07) is 5.76. The average molecular weight is 349 g/mol. The molecule has 1 N–H and O–H groups in total. The van der Waals surface area contributed by atoms with Gasteiger partial charge >= 0.3 is 5.97 Å². The van der Waals surface area contributed by atoms with Gasteiger partial charge in [0.1, 0.15) is 0 Å². The van der Waals surface area contributed by atoms with E-state index in [1.54, 1.807) is 0 Å². The second-order valence-electron chi connectivity index (χ2n) is 3.85. The molecule has 110 valence electrons. The molecule has 0 aliphatic carbocycles. The number of nitrogens with one attached hydrogen (secondary N) is 1. The maximum absolute atomic E-state index is 11.7. The molecule has 0 radical (unpaired) electrons. The Kier molecular flexibility index (Phi) is 5.12. The lowest BCUT2D eigenvalue weighted by Crippen LogP contribution is -2.21. The van der Waals surface area contributed by atoms with Crippen LogP contribution in [0.2, 0.25) is 15.1 Å². The van der Waals surface area contributed by atoms with E-state index >= 15 is 0 Å². The van der Waals surface area contributed by atoms with Crippen LogP contribution in [0.1, 0.15) is 10.6 Å². The molecule has 1 aromatic carbocycles. The van der Waals surface area contributed by atoms with Gasteiger partial charge in [-0.25, -0.2) is 4.79 Å². The van der Waals surface area contributed by atoms with Crippen molar-refractivity contribution in [1.82, 2.24) is 0 Å². The van der Waals surface area contributed by atoms with Gasteiger partial charge in [-0.3, -0.25) is 4.79 Å². The first-order chi connectivity index (χ1) is 9.97. The molecule has 2 aromatic rings. The number of esters is 1. The smallest absolute Gasteiger partial charge is 0.374 e. The van der Waals surface area contributed by atoms with E-state index in [0.717, 1.165) is 0 Å². The molecule has 0 unspecified atom stereocenters. The predicted molar refractivity (Wildman–Crippen MR) is 79.1 cm³/mol. The van der Waals surface area contributed by atoms with E-state index in [0.29, 0.717) is 0 Å². The van der Waals surface area contributed by atoms with Crippen molar-refractivity contribution in [1.29, 1.82) is 0 Å². The highest BCUT2D eigenvalue weighted by molar-refractivity contribution is 6.44. The molecule has 0 atom stereocenters. The van der Waals surface area contributed by atoms with Crippen LogP contribution in [0, 0.1) is 0 Å². The Labute approximate surface area is 134 Å². The minimum atomic E-state index is -0.740. The van der Waals surface area contributed by atoms with E-state index in [1.165, 1.54) is 30.5 Å². The minimum absolute atomic E-state index is 0.00960. The van der Waals surface area contributed by atoms with Gasteiger partial charge in [0.25, 0.3) is 5.91 Å². The summed E-state index contributed by atoms with van der Waals surface area (Å²) < 4.78 is 9.60. The topological polar surface area (TPSA) is 68.5 Å². The van der Waals surface area contributed by atoms with E-state index in [4.69, 9.17) is 44.0 Å². The number of amides is 1. The number of hydrogen-bond donors (Lipinski definition) is 1. The molecule has 0 aliphatic rings. The van der Waals surface area contributed by atoms with Crippen LogP contribution in [0.5, 0.6) is 0 Å². The predicted octanol–water partition coefficient (Wildman–Crippen LogP) is 4.04. The summed E-state index contributed by atoms with van der Waals surface area (Å²) in [4.78, 5) is 23.1. The second kappa shape index (κ2) is 6.85. The third kappa shape index (κ3) is 4.14. The molecule has 0 saturated heterocycles. The average Bonchev–Trinajstić information content (AvgIpc) is 2.96. The Balaban J connectivity index is 1.93. The number of rotatable bonds is 4. The molecule has 0 spiro atoms. The lowest BCUT2D eigenvalue weighted by atomic mass is 10.3. The van der Waals surface area contributed by atoms with Crippen LogP contribution < -0.4 is 5.32 Å². The van der Waals surface area contributed by atoms with E-state index in [9.17, 15) is 9.59 Å². The lowest BCUT2D eigenvalue weighted by Gasteiger charge is -2.08. The standard InChI is InChI=1S/C13H8Cl3NO4/c14-7-4-9(16)10(5-8(7)15)17-12(18)6-21-13(19)11-2-1-3-20-11/h1-5H,6H2,(H,17,18). The van der Waals surface area contributed by atoms with Crippen LogP contribution in [0.15, 0.2) is 34.9 Å². The van der Waals surface area contributed by atoms with Gasteiger partial charge in [-0.1, -0.05) is 34.8 Å². The summed E-state index contributed by atoms with van der Waals surface area (Å²) >= 11 is 17.5. The fraction of sp³-hybridized carbons (Fsp3) is 0.0769. The Bertz CT molecular complexity index is 670. The molecular formula is C13H8Cl3NO4. The lowest BCUT2D eigenvalue weighted by molar-refractivity contribution is -0.119. The molecule has 1 heterocycles. The van der Waals surface area contributed by atoms with Gasteiger partial charge < -0.3 is 14.5 Å². The maximum Gasteiger partial charge on any atom is 0.374 e. The van der Waals surface area contributed by atoms with Crippen LogP contribution >= 0.6 is 34.8 Å². The van der Waals surface area contributed by atoms with Gasteiger partial charge in [-0.2, -0.15) is 0 Å². The zero-order valence-electron chi connectivity index (χ0n) is 10.4. The molecule has 21 heavy (non-hydrogen) atoms. The summed E-state index contributed by atoms with van der Waals surface area (Å²) in [6.07, 6.45) is 1.33. The van der Waals surface area contributed by atoms with E-state index in [-0.39, 0.29) is 26.5 Å². The zero-order valence-corrected chi connectivity index (χ0v) is 12.6. The monoisotopic (exact) mass is 347 g/mol. The first-order valence-corrected chi connectivity index (χ1v) is 6.76. The van der Waals surface area contributed by atoms with E-state index in [2.05, 4.69) is 5.32 Å². The van der Waals surface area contributed by atoms with Gasteiger partial charge in [0, 0.05) is 0 Å². The Morgan fingerprint density at radius 1 is 1.14 bits per heavy atom. The number of hydrogen-bond acceptors (Lipinski definition) is 4. The second-order valence-corrected chi connectivity index (χ2v) is 5.07. The van der Waals surface area contributed by atoms with Crippen LogP contribution in [0.3, 0.4) is 0 Å². The first-order valence-electron chi connectivity index (χ1n) is 5.62. The molecule has 0 saturated carbocycles. The van der Waals surface area contributed by atoms with Crippen molar-refractivity contribution in [3.05, 3.63) is 51.4 Å². The molecule has 8 heteroatoms. The molecule has 5 nitrogen and oxygen atoms in total. The molecule has 2 rings (SSSR count). The van der Waals surface area contributed by atoms with Gasteiger partial charge in [-0.05, 0) is 24.3 Å². The molecule has 1 aromatic heterocycles. The van der Waals surface area contributed by atoms with Crippen molar-refractivity contribution in [3.63, 3.8) is 0 Å². The first kappa shape index (κ1) is 15.7. The maximum atomic E-state index is 11.7. The quantitative estimate of drug-likeness (QED) is 0.669. The number of carbonyl (C=O) groups is 2. The number of halogens is 3. The third-order valence-corrected chi connectivity index (χ3v) is 3.38. The Morgan fingerprint density at radius 2 is 1.86 bits per heavy atom. The Hall–Kier alpha value is -1.69. The van der Waals surface area contributed by atoms with Crippen molar-refractivity contribution in [2.24, 2.45) is 0 Å². The summed E-state index contributed by atoms with van der Waals surface area (Å²) in [6.45, 7) is -0.490. The van der Waals surface area contributed by atoms with Gasteiger partial charge in [0.2, 0.25) is 5.76 Å². The fourth-order valence-electron chi connectivity index (χ4n) is 1.40. The van der Waals surface area contributed by atoms with E-state index in [1.807, 2.05) is 0 Å². The minimum Gasteiger partial charge on any atom is -0.457 e. The largest absolute Gasteiger partial charge is 0.457 e. The molecule has 0 fully saturated rings. The number of ether oxygens (including phenoxy) is 1. The number of carbonyl (C=O) groups excluding carboxylic acids is 2. The summed E-state index contributed by atoms with van der Waals surface area (Å²) in [5, 5.41) is 3.18. The highest BCUT2D eigenvalue weighted by atomic mass is 35.5. The molecule has 0 bridgehead atoms. The third-order valence-electron chi connectivity index (χ3n) is 2.34. The van der Waals surface area contributed by atoms with Crippen molar-refractivity contribution >= 4 is 52.4 Å². The van der Waals surface area contributed by atoms with Gasteiger partial charge in [-0.15, -0.1) is 0 Å². The van der Waals surface area contributed by atoms with Crippen LogP contribution in [0.4, 0.5) is 5.69 Å². The fourth-order valence-corrected chi connectivity index (χ4v) is 2.00. The normalized spacial score (nSPS) is 10.2. The van der Waals surface area contributed by atoms with Crippen LogP contribution in [0.25, 0.3) is 0 Å². The van der Waals surface area contributed by atoms with Gasteiger partial charge in [0.15, 0.2) is 6.61 Å². The number of furan rings is 1. The Morgan fingerprint density at radius 3 is 2.52 bits per heavy atom. The van der Waals surface area contributed by atoms with Crippen molar-refractivity contribution < 1.29 is 18.7 Å². The van der Waals surface area contributed by atoms with Crippen molar-refractivity contribution in [2.75, 3.05) is 11.9 Å². The van der Waals surface area contributed by atoms with Gasteiger partial charge in [0.05, 0.1) is 27.0 Å². The van der Waals surface area contributed by atoms with E-state index < -0.39 is 18.5 Å². The molecule has 1 amide bonds. The summed E-state index contributed by atoms with van der Waals surface area (Å²) in [5.41, 5.74) is 0.269. The summed E-state index contributed by atoms with van der Waals surface area (Å²) in [5.74, 6) is -1.30. The van der Waals surface area contributed by atoms with Crippen molar-refractivity contribution in [2.45, 2.75) is 0 Å². The molecule has 0 aliphatic heterocycles.